The summed E-state index contributed by atoms with van der Waals surface area (Å²) in [6.07, 6.45) is 2.41. The van der Waals surface area contributed by atoms with Gasteiger partial charge in [0.1, 0.15) is 0 Å². The molecular weight excluding hydrogens is 230 g/mol. The van der Waals surface area contributed by atoms with E-state index in [4.69, 9.17) is 9.84 Å². The van der Waals surface area contributed by atoms with Crippen molar-refractivity contribution in [3.05, 3.63) is 35.4 Å². The summed E-state index contributed by atoms with van der Waals surface area (Å²) in [4.78, 5) is 11.0. The van der Waals surface area contributed by atoms with Gasteiger partial charge in [-0.05, 0) is 31.4 Å². The van der Waals surface area contributed by atoms with E-state index in [-0.39, 0.29) is 0 Å². The predicted molar refractivity (Wildman–Crippen MR) is 68.7 cm³/mol. The minimum absolute atomic E-state index is 0.377. The summed E-state index contributed by atoms with van der Waals surface area (Å²) in [7, 11) is 0. The zero-order valence-electron chi connectivity index (χ0n) is 10.6. The lowest BCUT2D eigenvalue weighted by molar-refractivity contribution is -0.0102. The van der Waals surface area contributed by atoms with Gasteiger partial charge in [-0.25, -0.2) is 4.79 Å². The van der Waals surface area contributed by atoms with E-state index in [0.717, 1.165) is 25.0 Å². The van der Waals surface area contributed by atoms with E-state index >= 15 is 0 Å². The summed E-state index contributed by atoms with van der Waals surface area (Å²) in [6.45, 7) is 3.37. The number of carboxylic acids is 1. The minimum atomic E-state index is -0.867. The van der Waals surface area contributed by atoms with Crippen LogP contribution in [0.25, 0.3) is 0 Å². The fraction of sp³-hybridized carbons (Fsp3) is 0.500. The fourth-order valence-electron chi connectivity index (χ4n) is 2.24. The predicted octanol–water partition coefficient (Wildman–Crippen LogP) is 2.04. The molecule has 98 valence electrons. The van der Waals surface area contributed by atoms with Gasteiger partial charge in [0.05, 0.1) is 11.7 Å². The number of benzene rings is 1. The minimum Gasteiger partial charge on any atom is -0.478 e. The summed E-state index contributed by atoms with van der Waals surface area (Å²) < 4.78 is 5.49. The Morgan fingerprint density at radius 2 is 2.17 bits per heavy atom. The molecule has 0 unspecified atom stereocenters. The summed E-state index contributed by atoms with van der Waals surface area (Å²) in [5, 5.41) is 12.4. The zero-order valence-corrected chi connectivity index (χ0v) is 10.6. The van der Waals surface area contributed by atoms with E-state index in [1.165, 1.54) is 0 Å². The molecule has 2 N–H and O–H groups in total. The number of hydrogen-bond donors (Lipinski definition) is 2. The summed E-state index contributed by atoms with van der Waals surface area (Å²) in [6, 6.07) is 7.57. The average Bonchev–Trinajstić information content (AvgIpc) is 2.32. The van der Waals surface area contributed by atoms with E-state index in [1.54, 1.807) is 12.1 Å². The van der Waals surface area contributed by atoms with Gasteiger partial charge < -0.3 is 15.2 Å². The number of ether oxygens (including phenoxy) is 1. The summed E-state index contributed by atoms with van der Waals surface area (Å²) in [5.41, 5.74) is 1.22. The van der Waals surface area contributed by atoms with Crippen LogP contribution in [0.15, 0.2) is 24.3 Å². The van der Waals surface area contributed by atoms with Crippen LogP contribution in [0.2, 0.25) is 0 Å². The van der Waals surface area contributed by atoms with Crippen molar-refractivity contribution in [3.63, 3.8) is 0 Å². The molecule has 1 saturated carbocycles. The number of hydrogen-bond acceptors (Lipinski definition) is 3. The van der Waals surface area contributed by atoms with Gasteiger partial charge in [-0.1, -0.05) is 18.2 Å². The molecule has 0 amide bonds. The van der Waals surface area contributed by atoms with Crippen LogP contribution in [0.5, 0.6) is 0 Å². The van der Waals surface area contributed by atoms with Gasteiger partial charge in [0.25, 0.3) is 0 Å². The molecule has 0 atom stereocenters. The molecule has 1 aliphatic rings. The molecule has 0 saturated heterocycles. The highest BCUT2D eigenvalue weighted by Crippen LogP contribution is 2.23. The maximum absolute atomic E-state index is 11.0. The largest absolute Gasteiger partial charge is 0.478 e. The third-order valence-corrected chi connectivity index (χ3v) is 3.33. The lowest BCUT2D eigenvalue weighted by Crippen LogP contribution is -2.45. The first-order chi connectivity index (χ1) is 8.70. The van der Waals surface area contributed by atoms with Crippen molar-refractivity contribution in [2.75, 3.05) is 6.61 Å². The van der Waals surface area contributed by atoms with Crippen molar-refractivity contribution >= 4 is 5.97 Å². The monoisotopic (exact) mass is 249 g/mol. The SMILES string of the molecule is CCOC1CC(NCc2ccccc2C(=O)O)C1. The van der Waals surface area contributed by atoms with E-state index in [0.29, 0.717) is 24.3 Å². The van der Waals surface area contributed by atoms with E-state index in [1.807, 2.05) is 19.1 Å². The molecule has 1 aromatic rings. The molecule has 1 aliphatic carbocycles. The quantitative estimate of drug-likeness (QED) is 0.810. The van der Waals surface area contributed by atoms with Crippen molar-refractivity contribution in [3.8, 4) is 0 Å². The van der Waals surface area contributed by atoms with Crippen LogP contribution in [-0.4, -0.2) is 29.8 Å². The molecule has 4 nitrogen and oxygen atoms in total. The highest BCUT2D eigenvalue weighted by atomic mass is 16.5. The molecule has 0 bridgehead atoms. The van der Waals surface area contributed by atoms with Crippen molar-refractivity contribution in [1.82, 2.24) is 5.32 Å². The van der Waals surface area contributed by atoms with Gasteiger partial charge in [0, 0.05) is 19.2 Å². The molecule has 0 aliphatic heterocycles. The summed E-state index contributed by atoms with van der Waals surface area (Å²) >= 11 is 0. The number of carbonyl (C=O) groups is 1. The van der Waals surface area contributed by atoms with E-state index in [2.05, 4.69) is 5.32 Å². The second-order valence-electron chi connectivity index (χ2n) is 4.59. The average molecular weight is 249 g/mol. The van der Waals surface area contributed by atoms with Gasteiger partial charge in [0.2, 0.25) is 0 Å². The number of carboxylic acid groups (broad SMARTS) is 1. The van der Waals surface area contributed by atoms with Crippen molar-refractivity contribution in [2.45, 2.75) is 38.5 Å². The third kappa shape index (κ3) is 3.09. The second kappa shape index (κ2) is 5.98. The van der Waals surface area contributed by atoms with Crippen molar-refractivity contribution in [2.24, 2.45) is 0 Å². The van der Waals surface area contributed by atoms with Gasteiger partial charge in [0.15, 0.2) is 0 Å². The van der Waals surface area contributed by atoms with Crippen LogP contribution in [0.4, 0.5) is 0 Å². The smallest absolute Gasteiger partial charge is 0.336 e. The highest BCUT2D eigenvalue weighted by molar-refractivity contribution is 5.89. The third-order valence-electron chi connectivity index (χ3n) is 3.33. The molecule has 4 heteroatoms. The molecule has 0 radical (unpaired) electrons. The molecule has 18 heavy (non-hydrogen) atoms. The van der Waals surface area contributed by atoms with Gasteiger partial charge in [-0.2, -0.15) is 0 Å². The first-order valence-electron chi connectivity index (χ1n) is 6.37. The molecule has 1 fully saturated rings. The van der Waals surface area contributed by atoms with Crippen LogP contribution < -0.4 is 5.32 Å². The molecule has 1 aromatic carbocycles. The van der Waals surface area contributed by atoms with Crippen molar-refractivity contribution < 1.29 is 14.6 Å². The van der Waals surface area contributed by atoms with Crippen LogP contribution in [0.3, 0.4) is 0 Å². The van der Waals surface area contributed by atoms with E-state index < -0.39 is 5.97 Å². The van der Waals surface area contributed by atoms with Gasteiger partial charge >= 0.3 is 5.97 Å². The maximum atomic E-state index is 11.0. The fourth-order valence-corrected chi connectivity index (χ4v) is 2.24. The standard InChI is InChI=1S/C14H19NO3/c1-2-18-12-7-11(8-12)15-9-10-5-3-4-6-13(10)14(16)17/h3-6,11-12,15H,2,7-9H2,1H3,(H,16,17). The van der Waals surface area contributed by atoms with Crippen LogP contribution in [0, 0.1) is 0 Å². The molecule has 0 spiro atoms. The van der Waals surface area contributed by atoms with Gasteiger partial charge in [-0.15, -0.1) is 0 Å². The topological polar surface area (TPSA) is 58.6 Å². The highest BCUT2D eigenvalue weighted by Gasteiger charge is 2.29. The number of rotatable bonds is 6. The van der Waals surface area contributed by atoms with Crippen LogP contribution >= 0.6 is 0 Å². The Hall–Kier alpha value is -1.39. The maximum Gasteiger partial charge on any atom is 0.336 e. The Morgan fingerprint density at radius 1 is 1.44 bits per heavy atom. The Bertz CT molecular complexity index is 413. The molecular formula is C14H19NO3. The van der Waals surface area contributed by atoms with Crippen molar-refractivity contribution in [1.29, 1.82) is 0 Å². The molecule has 0 aromatic heterocycles. The zero-order chi connectivity index (χ0) is 13.0. The normalized spacial score (nSPS) is 22.5. The Labute approximate surface area is 107 Å². The van der Waals surface area contributed by atoms with Crippen LogP contribution in [0.1, 0.15) is 35.7 Å². The number of aromatic carboxylic acids is 1. The number of nitrogens with one attached hydrogen (secondary N) is 1. The Kier molecular flexibility index (Phi) is 4.33. The molecule has 0 heterocycles. The first kappa shape index (κ1) is 13.1. The summed E-state index contributed by atoms with van der Waals surface area (Å²) in [5.74, 6) is -0.867. The lowest BCUT2D eigenvalue weighted by Gasteiger charge is -2.35. The van der Waals surface area contributed by atoms with Gasteiger partial charge in [-0.3, -0.25) is 0 Å². The molecule has 2 rings (SSSR count). The second-order valence-corrected chi connectivity index (χ2v) is 4.59. The van der Waals surface area contributed by atoms with Crippen LogP contribution in [-0.2, 0) is 11.3 Å². The lowest BCUT2D eigenvalue weighted by atomic mass is 9.89. The Balaban J connectivity index is 1.83. The van der Waals surface area contributed by atoms with E-state index in [9.17, 15) is 4.79 Å². The first-order valence-corrected chi connectivity index (χ1v) is 6.37. The Morgan fingerprint density at radius 3 is 2.83 bits per heavy atom.